The van der Waals surface area contributed by atoms with Gasteiger partial charge in [0.25, 0.3) is 0 Å². The number of carbonyl (C=O) groups is 4. The van der Waals surface area contributed by atoms with E-state index in [0.29, 0.717) is 10.6 Å². The predicted molar refractivity (Wildman–Crippen MR) is 113 cm³/mol. The number of carbonyl (C=O) groups excluding carboxylic acids is 4. The highest BCUT2D eigenvalue weighted by Gasteiger charge is 2.65. The number of ether oxygens (including phenoxy) is 5. The van der Waals surface area contributed by atoms with Crippen molar-refractivity contribution >= 4 is 40.7 Å². The standard InChI is InChI=1S/C21H23NO10S/c1-11(23)27-10-16-17(28-12(2)24)18(29-13(3)25)19(30-14(4)26)21(31-16)32-22-20(33-21)15-8-6-5-7-9-15/h5-9,16-19H,10H2,1-4H3/t16-,17+,18+,19-,21-/m1/s1. The van der Waals surface area contributed by atoms with Gasteiger partial charge in [0.2, 0.25) is 6.10 Å². The summed E-state index contributed by atoms with van der Waals surface area (Å²) < 4.78 is 27.4. The smallest absolute Gasteiger partial charge is 0.332 e. The van der Waals surface area contributed by atoms with E-state index in [1.165, 1.54) is 6.92 Å². The van der Waals surface area contributed by atoms with Crippen LogP contribution in [0.25, 0.3) is 0 Å². The maximum Gasteiger partial charge on any atom is 0.332 e. The van der Waals surface area contributed by atoms with Crippen LogP contribution in [-0.4, -0.2) is 65.1 Å². The highest BCUT2D eigenvalue weighted by molar-refractivity contribution is 8.15. The minimum absolute atomic E-state index is 0.357. The summed E-state index contributed by atoms with van der Waals surface area (Å²) in [5.74, 6) is -2.78. The number of rotatable bonds is 6. The van der Waals surface area contributed by atoms with Crippen LogP contribution in [-0.2, 0) is 47.7 Å². The van der Waals surface area contributed by atoms with Crippen LogP contribution in [0.1, 0.15) is 33.3 Å². The van der Waals surface area contributed by atoms with Gasteiger partial charge >= 0.3 is 29.0 Å². The lowest BCUT2D eigenvalue weighted by Gasteiger charge is -2.47. The Kier molecular flexibility index (Phi) is 7.59. The average Bonchev–Trinajstić information content (AvgIpc) is 3.16. The lowest BCUT2D eigenvalue weighted by Crippen LogP contribution is -2.67. The Morgan fingerprint density at radius 2 is 1.52 bits per heavy atom. The SMILES string of the molecule is CC(=O)OC[C@H]1O[C@@]2(ON=C(c3ccccc3)S2)[C@H](OC(C)=O)[C@@H](OC(C)=O)[C@H]1OC(C)=O. The van der Waals surface area contributed by atoms with Crippen molar-refractivity contribution in [2.75, 3.05) is 6.61 Å². The van der Waals surface area contributed by atoms with E-state index in [9.17, 15) is 19.2 Å². The van der Waals surface area contributed by atoms with Crippen molar-refractivity contribution in [2.45, 2.75) is 57.2 Å². The first-order valence-corrected chi connectivity index (χ1v) is 10.8. The molecule has 5 atom stereocenters. The number of benzene rings is 1. The van der Waals surface area contributed by atoms with E-state index in [0.717, 1.165) is 32.5 Å². The average molecular weight is 481 g/mol. The van der Waals surface area contributed by atoms with E-state index in [-0.39, 0.29) is 6.61 Å². The van der Waals surface area contributed by atoms with Gasteiger partial charge < -0.3 is 28.5 Å². The van der Waals surface area contributed by atoms with Crippen molar-refractivity contribution in [3.05, 3.63) is 35.9 Å². The summed E-state index contributed by atoms with van der Waals surface area (Å²) in [5, 5.41) is 2.68. The normalized spacial score (nSPS) is 28.3. The third-order valence-electron chi connectivity index (χ3n) is 4.52. The maximum absolute atomic E-state index is 12.0. The van der Waals surface area contributed by atoms with Crippen molar-refractivity contribution in [2.24, 2.45) is 5.16 Å². The Balaban J connectivity index is 2.02. The van der Waals surface area contributed by atoms with E-state index in [2.05, 4.69) is 5.16 Å². The van der Waals surface area contributed by atoms with Crippen LogP contribution < -0.4 is 0 Å². The van der Waals surface area contributed by atoms with Gasteiger partial charge in [-0.15, -0.1) is 0 Å². The third kappa shape index (κ3) is 5.82. The molecule has 0 bridgehead atoms. The van der Waals surface area contributed by atoms with Gasteiger partial charge in [0.15, 0.2) is 12.2 Å². The second-order valence-corrected chi connectivity index (χ2v) is 8.36. The van der Waals surface area contributed by atoms with Crippen molar-refractivity contribution in [1.82, 2.24) is 0 Å². The van der Waals surface area contributed by atoms with E-state index < -0.39 is 53.4 Å². The lowest BCUT2D eigenvalue weighted by molar-refractivity contribution is -0.323. The van der Waals surface area contributed by atoms with E-state index in [4.69, 9.17) is 28.5 Å². The number of hydrogen-bond donors (Lipinski definition) is 0. The highest BCUT2D eigenvalue weighted by Crippen LogP contribution is 2.48. The maximum atomic E-state index is 12.0. The number of nitrogens with zero attached hydrogens (tertiary/aromatic N) is 1. The molecular weight excluding hydrogens is 458 g/mol. The van der Waals surface area contributed by atoms with Gasteiger partial charge in [-0.3, -0.25) is 19.2 Å². The monoisotopic (exact) mass is 481 g/mol. The van der Waals surface area contributed by atoms with Crippen LogP contribution >= 0.6 is 11.8 Å². The summed E-state index contributed by atoms with van der Waals surface area (Å²) in [6.07, 6.45) is -5.13. The van der Waals surface area contributed by atoms with Crippen LogP contribution in [0.2, 0.25) is 0 Å². The molecule has 11 nitrogen and oxygen atoms in total. The molecule has 2 heterocycles. The minimum atomic E-state index is -1.81. The van der Waals surface area contributed by atoms with Gasteiger partial charge in [0.05, 0.1) is 0 Å². The molecule has 33 heavy (non-hydrogen) atoms. The first-order valence-electron chi connectivity index (χ1n) is 9.94. The Hall–Kier alpha value is -3.12. The van der Waals surface area contributed by atoms with E-state index in [1.54, 1.807) is 24.3 Å². The Bertz CT molecular complexity index is 952. The Morgan fingerprint density at radius 3 is 2.09 bits per heavy atom. The molecule has 0 radical (unpaired) electrons. The molecule has 2 aliphatic heterocycles. The summed E-state index contributed by atoms with van der Waals surface area (Å²) in [6.45, 7) is 4.29. The first-order chi connectivity index (χ1) is 15.6. The molecule has 12 heteroatoms. The van der Waals surface area contributed by atoms with Crippen molar-refractivity contribution in [1.29, 1.82) is 0 Å². The summed E-state index contributed by atoms with van der Waals surface area (Å²) in [6, 6.07) is 9.01. The number of thioether (sulfide) groups is 1. The molecule has 0 aliphatic carbocycles. The molecule has 1 fully saturated rings. The van der Waals surface area contributed by atoms with E-state index >= 15 is 0 Å². The minimum Gasteiger partial charge on any atom is -0.463 e. The van der Waals surface area contributed by atoms with Crippen LogP contribution in [0.3, 0.4) is 0 Å². The number of esters is 4. The molecule has 2 aliphatic rings. The Morgan fingerprint density at radius 1 is 0.909 bits per heavy atom. The summed E-state index contributed by atoms with van der Waals surface area (Å²) in [4.78, 5) is 52.8. The van der Waals surface area contributed by atoms with Crippen molar-refractivity contribution < 1.29 is 47.7 Å². The van der Waals surface area contributed by atoms with Crippen LogP contribution in [0.15, 0.2) is 35.5 Å². The molecule has 0 amide bonds. The molecule has 0 N–H and O–H groups in total. The molecule has 0 saturated carbocycles. The largest absolute Gasteiger partial charge is 0.463 e. The zero-order chi connectivity index (χ0) is 24.2. The van der Waals surface area contributed by atoms with E-state index in [1.807, 2.05) is 6.07 Å². The van der Waals surface area contributed by atoms with Crippen LogP contribution in [0.5, 0.6) is 0 Å². The molecule has 0 aromatic heterocycles. The molecular formula is C21H23NO10S. The quantitative estimate of drug-likeness (QED) is 0.432. The summed E-state index contributed by atoms with van der Waals surface area (Å²) in [5.41, 5.74) is 0.701. The number of hydrogen-bond acceptors (Lipinski definition) is 12. The van der Waals surface area contributed by atoms with Gasteiger partial charge in [0, 0.05) is 33.3 Å². The van der Waals surface area contributed by atoms with Gasteiger partial charge in [-0.1, -0.05) is 35.5 Å². The van der Waals surface area contributed by atoms with Gasteiger partial charge in [-0.05, 0) is 11.8 Å². The topological polar surface area (TPSA) is 136 Å². The van der Waals surface area contributed by atoms with Crippen molar-refractivity contribution in [3.8, 4) is 0 Å². The van der Waals surface area contributed by atoms with Gasteiger partial charge in [-0.2, -0.15) is 0 Å². The fraction of sp³-hybridized carbons (Fsp3) is 0.476. The van der Waals surface area contributed by atoms with Gasteiger partial charge in [0.1, 0.15) is 17.8 Å². The molecule has 1 aromatic rings. The molecule has 0 unspecified atom stereocenters. The highest BCUT2D eigenvalue weighted by atomic mass is 32.2. The summed E-state index contributed by atoms with van der Waals surface area (Å²) >= 11 is 0.983. The fourth-order valence-corrected chi connectivity index (χ4v) is 4.50. The van der Waals surface area contributed by atoms with Crippen molar-refractivity contribution in [3.63, 3.8) is 0 Å². The second-order valence-electron chi connectivity index (χ2n) is 7.20. The molecule has 1 aromatic carbocycles. The lowest BCUT2D eigenvalue weighted by atomic mass is 9.98. The Labute approximate surface area is 193 Å². The predicted octanol–water partition coefficient (Wildman–Crippen LogP) is 1.52. The molecule has 1 spiro atoms. The third-order valence-corrected chi connectivity index (χ3v) is 5.71. The first kappa shape index (κ1) is 24.5. The zero-order valence-electron chi connectivity index (χ0n) is 18.3. The molecule has 178 valence electrons. The fourth-order valence-electron chi connectivity index (χ4n) is 3.36. The summed E-state index contributed by atoms with van der Waals surface area (Å²) in [7, 11) is 0. The second kappa shape index (κ2) is 10.2. The van der Waals surface area contributed by atoms with Crippen LogP contribution in [0, 0.1) is 0 Å². The zero-order valence-corrected chi connectivity index (χ0v) is 19.2. The van der Waals surface area contributed by atoms with Gasteiger partial charge in [-0.25, -0.2) is 0 Å². The molecule has 3 rings (SSSR count). The molecule has 1 saturated heterocycles. The number of oxime groups is 1. The van der Waals surface area contributed by atoms with Crippen LogP contribution in [0.4, 0.5) is 0 Å².